The molecule has 6 heteroatoms. The molecule has 5 nitrogen and oxygen atoms in total. The number of carbonyl (C=O) groups is 1. The normalized spacial score (nSPS) is 19.3. The molecule has 3 heterocycles. The second kappa shape index (κ2) is 7.80. The zero-order valence-corrected chi connectivity index (χ0v) is 16.1. The largest absolute Gasteiger partial charge is 0.445 e. The van der Waals surface area contributed by atoms with Gasteiger partial charge in [-0.05, 0) is 30.5 Å². The standard InChI is InChI=1S/C20H25N3O2.ClH/c1-13(2)19-22-17-12-23(10-8-18(17)25-19)20(24)16-6-4-3-5-15(16)14-7-9-21-11-14;/h3-6,13-14,21H,7-12H2,1-2H3;1H. The smallest absolute Gasteiger partial charge is 0.254 e. The molecule has 2 aliphatic rings. The molecular weight excluding hydrogens is 350 g/mol. The van der Waals surface area contributed by atoms with Crippen molar-refractivity contribution < 1.29 is 9.21 Å². The van der Waals surface area contributed by atoms with Gasteiger partial charge in [-0.1, -0.05) is 32.0 Å². The minimum atomic E-state index is 0. The lowest BCUT2D eigenvalue weighted by molar-refractivity contribution is 0.0726. The summed E-state index contributed by atoms with van der Waals surface area (Å²) in [6.07, 6.45) is 1.84. The van der Waals surface area contributed by atoms with Crippen LogP contribution in [0.2, 0.25) is 0 Å². The van der Waals surface area contributed by atoms with Gasteiger partial charge in [-0.15, -0.1) is 12.4 Å². The van der Waals surface area contributed by atoms with Gasteiger partial charge in [-0.3, -0.25) is 4.79 Å². The van der Waals surface area contributed by atoms with E-state index in [1.165, 1.54) is 5.56 Å². The summed E-state index contributed by atoms with van der Waals surface area (Å²) in [5.74, 6) is 2.53. The fourth-order valence-corrected chi connectivity index (χ4v) is 3.78. The molecule has 0 bridgehead atoms. The molecule has 0 spiro atoms. The van der Waals surface area contributed by atoms with Crippen LogP contribution in [0.3, 0.4) is 0 Å². The van der Waals surface area contributed by atoms with Gasteiger partial charge in [0.2, 0.25) is 0 Å². The third-order valence-corrected chi connectivity index (χ3v) is 5.22. The van der Waals surface area contributed by atoms with E-state index >= 15 is 0 Å². The van der Waals surface area contributed by atoms with Crippen molar-refractivity contribution in [1.29, 1.82) is 0 Å². The summed E-state index contributed by atoms with van der Waals surface area (Å²) in [6.45, 7) is 7.36. The first-order chi connectivity index (χ1) is 12.1. The van der Waals surface area contributed by atoms with Crippen molar-refractivity contribution in [2.75, 3.05) is 19.6 Å². The number of fused-ring (bicyclic) bond motifs is 1. The summed E-state index contributed by atoms with van der Waals surface area (Å²) in [5.41, 5.74) is 2.93. The number of rotatable bonds is 3. The number of halogens is 1. The molecule has 2 aliphatic heterocycles. The first-order valence-electron chi connectivity index (χ1n) is 9.21. The van der Waals surface area contributed by atoms with E-state index in [-0.39, 0.29) is 24.2 Å². The van der Waals surface area contributed by atoms with Crippen molar-refractivity contribution in [3.8, 4) is 0 Å². The summed E-state index contributed by atoms with van der Waals surface area (Å²) >= 11 is 0. The Morgan fingerprint density at radius 2 is 2.15 bits per heavy atom. The zero-order chi connectivity index (χ0) is 17.4. The Hall–Kier alpha value is -1.85. The van der Waals surface area contributed by atoms with E-state index in [2.05, 4.69) is 30.2 Å². The molecular formula is C20H26ClN3O2. The van der Waals surface area contributed by atoms with E-state index in [0.29, 0.717) is 19.0 Å². The highest BCUT2D eigenvalue weighted by molar-refractivity contribution is 5.96. The quantitative estimate of drug-likeness (QED) is 0.892. The Bertz CT molecular complexity index is 781. The molecule has 0 saturated carbocycles. The molecule has 26 heavy (non-hydrogen) atoms. The van der Waals surface area contributed by atoms with Crippen LogP contribution in [0.15, 0.2) is 28.7 Å². The highest BCUT2D eigenvalue weighted by Gasteiger charge is 2.29. The van der Waals surface area contributed by atoms with Gasteiger partial charge in [-0.25, -0.2) is 4.98 Å². The number of hydrogen-bond donors (Lipinski definition) is 1. The maximum atomic E-state index is 13.2. The summed E-state index contributed by atoms with van der Waals surface area (Å²) in [6, 6.07) is 8.06. The van der Waals surface area contributed by atoms with Crippen LogP contribution >= 0.6 is 12.4 Å². The Morgan fingerprint density at radius 3 is 2.88 bits per heavy atom. The lowest BCUT2D eigenvalue weighted by atomic mass is 9.92. The molecule has 1 aromatic carbocycles. The number of nitrogens with zero attached hydrogens (tertiary/aromatic N) is 2. The Morgan fingerprint density at radius 1 is 1.35 bits per heavy atom. The topological polar surface area (TPSA) is 58.4 Å². The van der Waals surface area contributed by atoms with E-state index in [1.54, 1.807) is 0 Å². The van der Waals surface area contributed by atoms with Crippen LogP contribution in [0.4, 0.5) is 0 Å². The fraction of sp³-hybridized carbons (Fsp3) is 0.500. The minimum Gasteiger partial charge on any atom is -0.445 e. The maximum absolute atomic E-state index is 13.2. The van der Waals surface area contributed by atoms with E-state index in [4.69, 9.17) is 4.42 Å². The monoisotopic (exact) mass is 375 g/mol. The predicted molar refractivity (Wildman–Crippen MR) is 103 cm³/mol. The number of nitrogens with one attached hydrogen (secondary N) is 1. The molecule has 2 aromatic rings. The molecule has 0 radical (unpaired) electrons. The molecule has 1 atom stereocenters. The minimum absolute atomic E-state index is 0. The summed E-state index contributed by atoms with van der Waals surface area (Å²) in [5, 5.41) is 3.40. The molecule has 1 saturated heterocycles. The molecule has 1 aromatic heterocycles. The fourth-order valence-electron chi connectivity index (χ4n) is 3.78. The van der Waals surface area contributed by atoms with Gasteiger partial charge in [0.1, 0.15) is 11.5 Å². The van der Waals surface area contributed by atoms with Crippen LogP contribution in [0, 0.1) is 0 Å². The zero-order valence-electron chi connectivity index (χ0n) is 15.3. The summed E-state index contributed by atoms with van der Waals surface area (Å²) in [7, 11) is 0. The van der Waals surface area contributed by atoms with Gasteiger partial charge >= 0.3 is 0 Å². The lowest BCUT2D eigenvalue weighted by Gasteiger charge is -2.27. The molecule has 1 fully saturated rings. The number of hydrogen-bond acceptors (Lipinski definition) is 4. The maximum Gasteiger partial charge on any atom is 0.254 e. The van der Waals surface area contributed by atoms with E-state index in [0.717, 1.165) is 48.8 Å². The number of aromatic nitrogens is 1. The summed E-state index contributed by atoms with van der Waals surface area (Å²) in [4.78, 5) is 19.7. The highest BCUT2D eigenvalue weighted by atomic mass is 35.5. The summed E-state index contributed by atoms with van der Waals surface area (Å²) < 4.78 is 5.85. The van der Waals surface area contributed by atoms with Gasteiger partial charge in [0, 0.05) is 31.0 Å². The van der Waals surface area contributed by atoms with E-state index < -0.39 is 0 Å². The number of benzene rings is 1. The molecule has 1 amide bonds. The molecule has 1 unspecified atom stereocenters. The Balaban J connectivity index is 0.00000196. The first-order valence-corrected chi connectivity index (χ1v) is 9.21. The van der Waals surface area contributed by atoms with Crippen LogP contribution < -0.4 is 5.32 Å². The van der Waals surface area contributed by atoms with Crippen LogP contribution in [-0.2, 0) is 13.0 Å². The third-order valence-electron chi connectivity index (χ3n) is 5.22. The number of oxazole rings is 1. The second-order valence-electron chi connectivity index (χ2n) is 7.33. The van der Waals surface area contributed by atoms with Gasteiger partial charge in [-0.2, -0.15) is 0 Å². The average molecular weight is 376 g/mol. The molecule has 4 rings (SSSR count). The highest BCUT2D eigenvalue weighted by Crippen LogP contribution is 2.29. The average Bonchev–Trinajstić information content (AvgIpc) is 3.30. The van der Waals surface area contributed by atoms with Crippen molar-refractivity contribution >= 4 is 18.3 Å². The lowest BCUT2D eigenvalue weighted by Crippen LogP contribution is -2.36. The van der Waals surface area contributed by atoms with Gasteiger partial charge < -0.3 is 14.6 Å². The van der Waals surface area contributed by atoms with E-state index in [9.17, 15) is 4.79 Å². The van der Waals surface area contributed by atoms with Crippen molar-refractivity contribution in [3.05, 3.63) is 52.7 Å². The van der Waals surface area contributed by atoms with Crippen LogP contribution in [0.25, 0.3) is 0 Å². The number of carbonyl (C=O) groups excluding carboxylic acids is 1. The Labute approximate surface area is 160 Å². The van der Waals surface area contributed by atoms with Crippen LogP contribution in [-0.4, -0.2) is 35.4 Å². The molecule has 0 aliphatic carbocycles. The Kier molecular flexibility index (Phi) is 5.68. The third kappa shape index (κ3) is 3.51. The SMILES string of the molecule is CC(C)c1nc2c(o1)CCN(C(=O)c1ccccc1C1CCNC1)C2.Cl. The number of amides is 1. The van der Waals surface area contributed by atoms with E-state index in [1.807, 2.05) is 23.1 Å². The predicted octanol–water partition coefficient (Wildman–Crippen LogP) is 3.50. The molecule has 1 N–H and O–H groups in total. The van der Waals surface area contributed by atoms with Crippen molar-refractivity contribution in [2.24, 2.45) is 0 Å². The van der Waals surface area contributed by atoms with Crippen molar-refractivity contribution in [2.45, 2.75) is 45.1 Å². The first kappa shape index (κ1) is 18.9. The van der Waals surface area contributed by atoms with Crippen molar-refractivity contribution in [3.63, 3.8) is 0 Å². The van der Waals surface area contributed by atoms with Crippen LogP contribution in [0.5, 0.6) is 0 Å². The van der Waals surface area contributed by atoms with Crippen molar-refractivity contribution in [1.82, 2.24) is 15.2 Å². The van der Waals surface area contributed by atoms with Gasteiger partial charge in [0.15, 0.2) is 5.89 Å². The van der Waals surface area contributed by atoms with Gasteiger partial charge in [0.05, 0.1) is 6.54 Å². The van der Waals surface area contributed by atoms with Crippen LogP contribution in [0.1, 0.15) is 65.4 Å². The molecule has 140 valence electrons. The van der Waals surface area contributed by atoms with Gasteiger partial charge in [0.25, 0.3) is 5.91 Å². The second-order valence-corrected chi connectivity index (χ2v) is 7.33.